The highest BCUT2D eigenvalue weighted by atomic mass is 35.5. The first-order valence-electron chi connectivity index (χ1n) is 9.25. The van der Waals surface area contributed by atoms with E-state index >= 15 is 0 Å². The average molecular weight is 488 g/mol. The Morgan fingerprint density at radius 3 is 2.48 bits per heavy atom. The largest absolute Gasteiger partial charge is 0.480 e. The van der Waals surface area contributed by atoms with Crippen LogP contribution in [-0.4, -0.2) is 33.3 Å². The lowest BCUT2D eigenvalue weighted by atomic mass is 10.1. The minimum absolute atomic E-state index is 0.0849. The van der Waals surface area contributed by atoms with E-state index in [2.05, 4.69) is 15.3 Å². The normalized spacial score (nSPS) is 12.4. The number of hydrogen-bond donors (Lipinski definition) is 2. The molecule has 0 spiro atoms. The van der Waals surface area contributed by atoms with Gasteiger partial charge in [-0.15, -0.1) is 0 Å². The summed E-state index contributed by atoms with van der Waals surface area (Å²) in [6.45, 7) is 0.277. The van der Waals surface area contributed by atoms with E-state index in [1.807, 2.05) is 0 Å². The molecule has 1 amide bonds. The second-order valence-corrected chi connectivity index (χ2v) is 7.14. The lowest BCUT2D eigenvalue weighted by Gasteiger charge is -2.20. The molecule has 33 heavy (non-hydrogen) atoms. The third kappa shape index (κ3) is 5.55. The standard InChI is InChI=1S/C21H15ClF5N3O3/c1-10(21(25,26)27)33-18-6-12(17-8-28-11(9-31)7-29-17)16(24)5-13(18)20(32)30-19-14(22)3-2-4-15(19)23/h2-8,10,31H,9H2,1H3,(H,30,32)/t10-/m0/s1. The van der Waals surface area contributed by atoms with Crippen molar-refractivity contribution >= 4 is 23.2 Å². The number of anilines is 1. The Morgan fingerprint density at radius 2 is 1.91 bits per heavy atom. The van der Waals surface area contributed by atoms with Crippen LogP contribution in [0.4, 0.5) is 27.6 Å². The fourth-order valence-electron chi connectivity index (χ4n) is 2.66. The number of aliphatic hydroxyl groups is 1. The summed E-state index contributed by atoms with van der Waals surface area (Å²) in [5.74, 6) is -3.72. The maximum atomic E-state index is 14.9. The van der Waals surface area contributed by atoms with Crippen LogP contribution in [0.15, 0.2) is 42.7 Å². The number of aliphatic hydroxyl groups excluding tert-OH is 1. The minimum atomic E-state index is -4.79. The number of ether oxygens (including phenoxy) is 1. The highest BCUT2D eigenvalue weighted by Gasteiger charge is 2.39. The van der Waals surface area contributed by atoms with Gasteiger partial charge in [0.1, 0.15) is 17.4 Å². The number of nitrogens with zero attached hydrogens (tertiary/aromatic N) is 2. The first-order chi connectivity index (χ1) is 15.5. The van der Waals surface area contributed by atoms with Gasteiger partial charge >= 0.3 is 6.18 Å². The molecule has 1 heterocycles. The Balaban J connectivity index is 2.07. The van der Waals surface area contributed by atoms with E-state index < -0.39 is 53.4 Å². The molecule has 0 radical (unpaired) electrons. The van der Waals surface area contributed by atoms with E-state index in [0.29, 0.717) is 13.0 Å². The number of aromatic nitrogens is 2. The second-order valence-electron chi connectivity index (χ2n) is 6.73. The number of carbonyl (C=O) groups is 1. The van der Waals surface area contributed by atoms with Crippen LogP contribution in [0.1, 0.15) is 23.0 Å². The maximum absolute atomic E-state index is 14.9. The molecule has 0 unspecified atom stereocenters. The second kappa shape index (κ2) is 9.67. The number of nitrogens with one attached hydrogen (secondary N) is 1. The number of hydrogen-bond acceptors (Lipinski definition) is 5. The molecule has 2 aromatic carbocycles. The molecule has 3 aromatic rings. The Hall–Kier alpha value is -3.31. The van der Waals surface area contributed by atoms with Crippen LogP contribution in [0, 0.1) is 11.6 Å². The van der Waals surface area contributed by atoms with E-state index in [1.54, 1.807) is 0 Å². The molecular weight excluding hydrogens is 473 g/mol. The van der Waals surface area contributed by atoms with Crippen molar-refractivity contribution in [3.05, 3.63) is 70.6 Å². The summed E-state index contributed by atoms with van der Waals surface area (Å²) in [4.78, 5) is 20.5. The van der Waals surface area contributed by atoms with Gasteiger partial charge in [-0.05, 0) is 31.2 Å². The minimum Gasteiger partial charge on any atom is -0.480 e. The molecule has 12 heteroatoms. The monoisotopic (exact) mass is 487 g/mol. The van der Waals surface area contributed by atoms with E-state index in [-0.39, 0.29) is 22.0 Å². The first-order valence-corrected chi connectivity index (χ1v) is 9.63. The van der Waals surface area contributed by atoms with Gasteiger partial charge < -0.3 is 15.2 Å². The van der Waals surface area contributed by atoms with Crippen LogP contribution >= 0.6 is 11.6 Å². The van der Waals surface area contributed by atoms with Crippen molar-refractivity contribution in [2.75, 3.05) is 5.32 Å². The topological polar surface area (TPSA) is 84.3 Å². The van der Waals surface area contributed by atoms with E-state index in [4.69, 9.17) is 21.4 Å². The number of amides is 1. The smallest absolute Gasteiger partial charge is 0.425 e. The van der Waals surface area contributed by atoms with Crippen LogP contribution in [0.2, 0.25) is 5.02 Å². The summed E-state index contributed by atoms with van der Waals surface area (Å²) in [7, 11) is 0. The summed E-state index contributed by atoms with van der Waals surface area (Å²) in [6, 6.07) is 5.06. The molecule has 0 bridgehead atoms. The lowest BCUT2D eigenvalue weighted by Crippen LogP contribution is -2.32. The Kier molecular flexibility index (Phi) is 7.13. The van der Waals surface area contributed by atoms with E-state index in [0.717, 1.165) is 24.5 Å². The molecule has 0 saturated carbocycles. The number of para-hydroxylation sites is 1. The molecule has 1 atom stereocenters. The van der Waals surface area contributed by atoms with Gasteiger partial charge in [0.15, 0.2) is 6.10 Å². The predicted molar refractivity (Wildman–Crippen MR) is 109 cm³/mol. The van der Waals surface area contributed by atoms with Crippen LogP contribution in [0.25, 0.3) is 11.3 Å². The van der Waals surface area contributed by atoms with Crippen molar-refractivity contribution in [2.45, 2.75) is 25.8 Å². The summed E-state index contributed by atoms with van der Waals surface area (Å²) < 4.78 is 73.1. The van der Waals surface area contributed by atoms with Crippen molar-refractivity contribution in [1.82, 2.24) is 9.97 Å². The number of alkyl halides is 3. The zero-order valence-electron chi connectivity index (χ0n) is 16.8. The fourth-order valence-corrected chi connectivity index (χ4v) is 2.87. The average Bonchev–Trinajstić information content (AvgIpc) is 2.76. The van der Waals surface area contributed by atoms with E-state index in [1.165, 1.54) is 12.1 Å². The third-order valence-electron chi connectivity index (χ3n) is 4.42. The summed E-state index contributed by atoms with van der Waals surface area (Å²) in [6.07, 6.45) is -4.91. The van der Waals surface area contributed by atoms with Crippen molar-refractivity contribution in [3.63, 3.8) is 0 Å². The number of rotatable bonds is 6. The number of benzene rings is 2. The molecule has 2 N–H and O–H groups in total. The van der Waals surface area contributed by atoms with Gasteiger partial charge in [0, 0.05) is 5.56 Å². The Morgan fingerprint density at radius 1 is 1.18 bits per heavy atom. The zero-order chi connectivity index (χ0) is 24.3. The van der Waals surface area contributed by atoms with Gasteiger partial charge in [-0.25, -0.2) is 8.78 Å². The SMILES string of the molecule is C[C@H](Oc1cc(-c2cnc(CO)cn2)c(F)cc1C(=O)Nc1c(F)cccc1Cl)C(F)(F)F. The van der Waals surface area contributed by atoms with Gasteiger partial charge in [0.25, 0.3) is 5.91 Å². The van der Waals surface area contributed by atoms with Crippen molar-refractivity contribution in [1.29, 1.82) is 0 Å². The summed E-state index contributed by atoms with van der Waals surface area (Å²) in [5.41, 5.74) is -1.28. The molecule has 0 aliphatic heterocycles. The molecule has 0 aliphatic carbocycles. The van der Waals surface area contributed by atoms with Crippen LogP contribution in [0.5, 0.6) is 5.75 Å². The highest BCUT2D eigenvalue weighted by Crippen LogP contribution is 2.34. The number of carbonyl (C=O) groups excluding carboxylic acids is 1. The quantitative estimate of drug-likeness (QED) is 0.470. The van der Waals surface area contributed by atoms with Gasteiger partial charge in [-0.1, -0.05) is 17.7 Å². The van der Waals surface area contributed by atoms with Crippen molar-refractivity contribution < 1.29 is 36.6 Å². The fraction of sp³-hybridized carbons (Fsp3) is 0.190. The Labute approximate surface area is 189 Å². The lowest BCUT2D eigenvalue weighted by molar-refractivity contribution is -0.189. The van der Waals surface area contributed by atoms with Gasteiger partial charge in [0.2, 0.25) is 0 Å². The molecule has 174 valence electrons. The van der Waals surface area contributed by atoms with Gasteiger partial charge in [0.05, 0.1) is 46.7 Å². The molecule has 1 aromatic heterocycles. The van der Waals surface area contributed by atoms with Crippen molar-refractivity contribution in [2.24, 2.45) is 0 Å². The number of halogens is 6. The van der Waals surface area contributed by atoms with Crippen molar-refractivity contribution in [3.8, 4) is 17.0 Å². The highest BCUT2D eigenvalue weighted by molar-refractivity contribution is 6.34. The first kappa shape index (κ1) is 24.3. The third-order valence-corrected chi connectivity index (χ3v) is 4.74. The molecule has 0 fully saturated rings. The molecule has 3 rings (SSSR count). The van der Waals surface area contributed by atoms with Crippen LogP contribution in [0.3, 0.4) is 0 Å². The molecule has 6 nitrogen and oxygen atoms in total. The summed E-state index contributed by atoms with van der Waals surface area (Å²) in [5, 5.41) is 11.0. The Bertz CT molecular complexity index is 1150. The van der Waals surface area contributed by atoms with Gasteiger partial charge in [-0.2, -0.15) is 13.2 Å². The van der Waals surface area contributed by atoms with Crippen LogP contribution < -0.4 is 10.1 Å². The summed E-state index contributed by atoms with van der Waals surface area (Å²) >= 11 is 5.86. The van der Waals surface area contributed by atoms with E-state index in [9.17, 15) is 26.7 Å². The van der Waals surface area contributed by atoms with Gasteiger partial charge in [-0.3, -0.25) is 14.8 Å². The van der Waals surface area contributed by atoms with Crippen LogP contribution in [-0.2, 0) is 6.61 Å². The molecule has 0 aliphatic rings. The predicted octanol–water partition coefficient (Wildman–Crippen LogP) is 5.15. The molecule has 0 saturated heterocycles. The molecular formula is C21H15ClF5N3O3. The zero-order valence-corrected chi connectivity index (χ0v) is 17.5. The maximum Gasteiger partial charge on any atom is 0.425 e.